The van der Waals surface area contributed by atoms with Gasteiger partial charge in [0.25, 0.3) is 5.56 Å². The molecule has 0 amide bonds. The van der Waals surface area contributed by atoms with Gasteiger partial charge >= 0.3 is 0 Å². The van der Waals surface area contributed by atoms with Crippen LogP contribution in [0.3, 0.4) is 0 Å². The van der Waals surface area contributed by atoms with Gasteiger partial charge in [-0.2, -0.15) is 0 Å². The Labute approximate surface area is 139 Å². The molecular weight excluding hydrogens is 302 g/mol. The molecule has 6 nitrogen and oxygen atoms in total. The molecule has 0 radical (unpaired) electrons. The van der Waals surface area contributed by atoms with Gasteiger partial charge < -0.3 is 27.5 Å². The maximum absolute atomic E-state index is 11.9. The van der Waals surface area contributed by atoms with Crippen molar-refractivity contribution in [1.82, 2.24) is 4.98 Å². The molecule has 0 spiro atoms. The Morgan fingerprint density at radius 1 is 0.875 bits per heavy atom. The number of aromatic nitrogens is 1. The van der Waals surface area contributed by atoms with Crippen molar-refractivity contribution < 1.29 is 0 Å². The number of nitrogens with one attached hydrogen (secondary N) is 2. The molecule has 0 aliphatic carbocycles. The van der Waals surface area contributed by atoms with Gasteiger partial charge in [0.2, 0.25) is 0 Å². The SMILES string of the molecule is Nc1ccc(Cc2cc(N)c(=O)[nH]c2Nc2ccc(N)cc2)cc1. The van der Waals surface area contributed by atoms with Gasteiger partial charge in [-0.3, -0.25) is 4.79 Å². The molecule has 8 N–H and O–H groups in total. The van der Waals surface area contributed by atoms with Gasteiger partial charge in [-0.1, -0.05) is 12.1 Å². The van der Waals surface area contributed by atoms with Crippen LogP contribution >= 0.6 is 0 Å². The van der Waals surface area contributed by atoms with Crippen LogP contribution in [0.1, 0.15) is 11.1 Å². The first kappa shape index (κ1) is 15.5. The molecule has 0 bridgehead atoms. The number of H-pyrrole nitrogens is 1. The third-order valence-electron chi connectivity index (χ3n) is 3.71. The lowest BCUT2D eigenvalue weighted by molar-refractivity contribution is 1.12. The molecule has 0 aliphatic heterocycles. The van der Waals surface area contributed by atoms with Crippen LogP contribution in [0.15, 0.2) is 59.4 Å². The van der Waals surface area contributed by atoms with Gasteiger partial charge in [0.15, 0.2) is 0 Å². The minimum absolute atomic E-state index is 0.184. The molecule has 3 aromatic rings. The third kappa shape index (κ3) is 3.49. The van der Waals surface area contributed by atoms with E-state index in [2.05, 4.69) is 10.3 Å². The highest BCUT2D eigenvalue weighted by Crippen LogP contribution is 2.22. The van der Waals surface area contributed by atoms with Crippen molar-refractivity contribution in [2.24, 2.45) is 0 Å². The second kappa shape index (κ2) is 6.37. The lowest BCUT2D eigenvalue weighted by Crippen LogP contribution is -2.15. The Balaban J connectivity index is 1.95. The summed E-state index contributed by atoms with van der Waals surface area (Å²) in [5, 5.41) is 3.21. The summed E-state index contributed by atoms with van der Waals surface area (Å²) in [4.78, 5) is 14.7. The summed E-state index contributed by atoms with van der Waals surface area (Å²) in [5.41, 5.74) is 21.2. The third-order valence-corrected chi connectivity index (χ3v) is 3.71. The van der Waals surface area contributed by atoms with Crippen LogP contribution in [0.4, 0.5) is 28.6 Å². The predicted octanol–water partition coefficient (Wildman–Crippen LogP) is 2.46. The van der Waals surface area contributed by atoms with E-state index >= 15 is 0 Å². The summed E-state index contributed by atoms with van der Waals surface area (Å²) in [6.45, 7) is 0. The number of hydrogen-bond donors (Lipinski definition) is 5. The average Bonchev–Trinajstić information content (AvgIpc) is 2.56. The Bertz CT molecular complexity index is 898. The second-order valence-electron chi connectivity index (χ2n) is 5.62. The molecule has 0 fully saturated rings. The van der Waals surface area contributed by atoms with Crippen LogP contribution in [0.2, 0.25) is 0 Å². The minimum atomic E-state index is -0.325. The first-order valence-corrected chi connectivity index (χ1v) is 7.50. The highest BCUT2D eigenvalue weighted by Gasteiger charge is 2.09. The molecule has 0 saturated heterocycles. The predicted molar refractivity (Wildman–Crippen MR) is 99.3 cm³/mol. The van der Waals surface area contributed by atoms with Gasteiger partial charge in [0, 0.05) is 23.5 Å². The summed E-state index contributed by atoms with van der Waals surface area (Å²) >= 11 is 0. The maximum atomic E-state index is 11.9. The van der Waals surface area contributed by atoms with E-state index in [0.717, 1.165) is 16.8 Å². The zero-order valence-electron chi connectivity index (χ0n) is 13.0. The smallest absolute Gasteiger partial charge is 0.272 e. The summed E-state index contributed by atoms with van der Waals surface area (Å²) in [6, 6.07) is 16.5. The Hall–Kier alpha value is -3.41. The van der Waals surface area contributed by atoms with E-state index in [-0.39, 0.29) is 11.2 Å². The minimum Gasteiger partial charge on any atom is -0.399 e. The monoisotopic (exact) mass is 321 g/mol. The molecule has 2 aromatic carbocycles. The Morgan fingerprint density at radius 3 is 2.08 bits per heavy atom. The van der Waals surface area contributed by atoms with Crippen LogP contribution in [-0.4, -0.2) is 4.98 Å². The number of rotatable bonds is 4. The fraction of sp³-hybridized carbons (Fsp3) is 0.0556. The molecule has 0 unspecified atom stereocenters. The largest absolute Gasteiger partial charge is 0.399 e. The molecule has 1 aromatic heterocycles. The molecule has 0 saturated carbocycles. The number of nitrogen functional groups attached to an aromatic ring is 3. The van der Waals surface area contributed by atoms with Crippen molar-refractivity contribution in [3.63, 3.8) is 0 Å². The van der Waals surface area contributed by atoms with Crippen molar-refractivity contribution in [1.29, 1.82) is 0 Å². The fourth-order valence-corrected chi connectivity index (χ4v) is 2.41. The van der Waals surface area contributed by atoms with Crippen molar-refractivity contribution in [2.45, 2.75) is 6.42 Å². The molecule has 3 rings (SSSR count). The molecular formula is C18H19N5O. The van der Waals surface area contributed by atoms with Gasteiger partial charge in [-0.05, 0) is 53.6 Å². The summed E-state index contributed by atoms with van der Waals surface area (Å²) in [5.74, 6) is 0.607. The standard InChI is InChI=1S/C18H19N5O/c19-13-3-1-11(2-4-13)9-12-10-16(21)18(24)23-17(12)22-15-7-5-14(20)6-8-15/h1-8,10H,9,19-21H2,(H2,22,23,24). The Morgan fingerprint density at radius 2 is 1.46 bits per heavy atom. The van der Waals surface area contributed by atoms with E-state index in [1.807, 2.05) is 36.4 Å². The highest BCUT2D eigenvalue weighted by atomic mass is 16.1. The summed E-state index contributed by atoms with van der Waals surface area (Å²) in [7, 11) is 0. The van der Waals surface area contributed by atoms with E-state index in [1.165, 1.54) is 0 Å². The van der Waals surface area contributed by atoms with Crippen molar-refractivity contribution >= 4 is 28.6 Å². The van der Waals surface area contributed by atoms with Gasteiger partial charge in [0.1, 0.15) is 5.82 Å². The number of aromatic amines is 1. The number of hydrogen-bond acceptors (Lipinski definition) is 5. The number of pyridine rings is 1. The van der Waals surface area contributed by atoms with Gasteiger partial charge in [0.05, 0.1) is 5.69 Å². The summed E-state index contributed by atoms with van der Waals surface area (Å²) < 4.78 is 0. The quantitative estimate of drug-likeness (QED) is 0.472. The van der Waals surface area contributed by atoms with Crippen LogP contribution in [-0.2, 0) is 6.42 Å². The van der Waals surface area contributed by atoms with Crippen molar-refractivity contribution in [2.75, 3.05) is 22.5 Å². The molecule has 0 aliphatic rings. The average molecular weight is 321 g/mol. The summed E-state index contributed by atoms with van der Waals surface area (Å²) in [6.07, 6.45) is 0.610. The highest BCUT2D eigenvalue weighted by molar-refractivity contribution is 5.64. The molecule has 1 heterocycles. The van der Waals surface area contributed by atoms with Crippen LogP contribution < -0.4 is 28.1 Å². The first-order valence-electron chi connectivity index (χ1n) is 7.50. The lowest BCUT2D eigenvalue weighted by atomic mass is 10.0. The zero-order valence-corrected chi connectivity index (χ0v) is 13.0. The zero-order chi connectivity index (χ0) is 17.1. The van der Waals surface area contributed by atoms with Crippen molar-refractivity contribution in [3.8, 4) is 0 Å². The van der Waals surface area contributed by atoms with E-state index in [9.17, 15) is 4.79 Å². The van der Waals surface area contributed by atoms with E-state index in [4.69, 9.17) is 17.2 Å². The lowest BCUT2D eigenvalue weighted by Gasteiger charge is -2.13. The van der Waals surface area contributed by atoms with Crippen molar-refractivity contribution in [3.05, 3.63) is 76.1 Å². The van der Waals surface area contributed by atoms with Gasteiger partial charge in [-0.15, -0.1) is 0 Å². The van der Waals surface area contributed by atoms with E-state index in [0.29, 0.717) is 23.6 Å². The normalized spacial score (nSPS) is 10.5. The molecule has 0 atom stereocenters. The van der Waals surface area contributed by atoms with Crippen LogP contribution in [0, 0.1) is 0 Å². The van der Waals surface area contributed by atoms with Crippen LogP contribution in [0.25, 0.3) is 0 Å². The molecule has 122 valence electrons. The topological polar surface area (TPSA) is 123 Å². The van der Waals surface area contributed by atoms with E-state index in [1.54, 1.807) is 18.2 Å². The molecule has 6 heteroatoms. The Kier molecular flexibility index (Phi) is 4.11. The first-order chi connectivity index (χ1) is 11.5. The number of benzene rings is 2. The van der Waals surface area contributed by atoms with Crippen LogP contribution in [0.5, 0.6) is 0 Å². The fourth-order valence-electron chi connectivity index (χ4n) is 2.41. The second-order valence-corrected chi connectivity index (χ2v) is 5.62. The number of nitrogens with two attached hydrogens (primary N) is 3. The van der Waals surface area contributed by atoms with Gasteiger partial charge in [-0.25, -0.2) is 0 Å². The molecule has 24 heavy (non-hydrogen) atoms. The van der Waals surface area contributed by atoms with E-state index < -0.39 is 0 Å². The number of anilines is 5. The maximum Gasteiger partial charge on any atom is 0.272 e.